The number of rotatable bonds is 3. The molecule has 1 aliphatic heterocycles. The number of aliphatic hydroxyl groups is 1. The fourth-order valence-electron chi connectivity index (χ4n) is 4.98. The number of hydrogen-bond donors (Lipinski definition) is 3. The number of ether oxygens (including phenoxy) is 3. The van der Waals surface area contributed by atoms with Gasteiger partial charge in [-0.3, -0.25) is 9.59 Å². The number of carbonyl (C=O) groups is 2. The topological polar surface area (TPSA) is 123 Å². The number of hydrogen-bond acceptors (Lipinski definition) is 8. The first-order valence-corrected chi connectivity index (χ1v) is 10.7. The third-order valence-electron chi connectivity index (χ3n) is 6.46. The maximum atomic E-state index is 13.4. The van der Waals surface area contributed by atoms with Crippen LogP contribution in [0.3, 0.4) is 0 Å². The minimum absolute atomic E-state index is 0.0276. The highest BCUT2D eigenvalue weighted by atomic mass is 16.7. The van der Waals surface area contributed by atoms with Crippen LogP contribution in [0.1, 0.15) is 74.8 Å². The molecule has 1 fully saturated rings. The molecule has 0 aromatic heterocycles. The van der Waals surface area contributed by atoms with Crippen molar-refractivity contribution in [1.29, 1.82) is 0 Å². The predicted molar refractivity (Wildman–Crippen MR) is 111 cm³/mol. The Hall–Kier alpha value is -2.94. The van der Waals surface area contributed by atoms with Crippen LogP contribution in [0.2, 0.25) is 0 Å². The van der Waals surface area contributed by atoms with E-state index in [4.69, 9.17) is 14.2 Å². The minimum atomic E-state index is -0.846. The number of aliphatic hydroxyl groups excluding tert-OH is 1. The van der Waals surface area contributed by atoms with Crippen LogP contribution in [0.15, 0.2) is 18.2 Å². The van der Waals surface area contributed by atoms with Crippen molar-refractivity contribution in [2.24, 2.45) is 0 Å². The van der Waals surface area contributed by atoms with Gasteiger partial charge in [0.1, 0.15) is 17.2 Å². The van der Waals surface area contributed by atoms with Gasteiger partial charge in [0.25, 0.3) is 0 Å². The van der Waals surface area contributed by atoms with E-state index in [0.717, 1.165) is 12.8 Å². The Balaban J connectivity index is 1.68. The van der Waals surface area contributed by atoms with Crippen LogP contribution in [0.4, 0.5) is 0 Å². The molecule has 3 atom stereocenters. The van der Waals surface area contributed by atoms with Crippen molar-refractivity contribution in [2.45, 2.75) is 50.6 Å². The zero-order chi connectivity index (χ0) is 22.6. The van der Waals surface area contributed by atoms with E-state index in [1.165, 1.54) is 13.2 Å². The molecule has 3 aliphatic rings. The number of carbonyl (C=O) groups excluding carboxylic acids is 2. The Bertz CT molecular complexity index is 1120. The number of phenolic OH excluding ortho intramolecular Hbond substituents is 2. The monoisotopic (exact) mass is 440 g/mol. The lowest BCUT2D eigenvalue weighted by Crippen LogP contribution is -2.32. The first kappa shape index (κ1) is 20.9. The van der Waals surface area contributed by atoms with E-state index in [1.807, 2.05) is 0 Å². The largest absolute Gasteiger partial charge is 0.507 e. The van der Waals surface area contributed by atoms with Crippen molar-refractivity contribution in [3.63, 3.8) is 0 Å². The quantitative estimate of drug-likeness (QED) is 0.532. The van der Waals surface area contributed by atoms with E-state index < -0.39 is 41.6 Å². The highest BCUT2D eigenvalue weighted by Crippen LogP contribution is 2.50. The van der Waals surface area contributed by atoms with Crippen molar-refractivity contribution < 1.29 is 39.1 Å². The molecule has 2 aromatic rings. The fourth-order valence-corrected chi connectivity index (χ4v) is 4.98. The molecule has 32 heavy (non-hydrogen) atoms. The highest BCUT2D eigenvalue weighted by Gasteiger charge is 2.43. The summed E-state index contributed by atoms with van der Waals surface area (Å²) in [7, 11) is 1.39. The Morgan fingerprint density at radius 1 is 1.03 bits per heavy atom. The Kier molecular flexibility index (Phi) is 5.16. The summed E-state index contributed by atoms with van der Waals surface area (Å²) >= 11 is 0. The molecule has 2 aliphatic carbocycles. The van der Waals surface area contributed by atoms with Crippen molar-refractivity contribution >= 4 is 11.6 Å². The highest BCUT2D eigenvalue weighted by molar-refractivity contribution is 6.31. The SMILES string of the molecule is COc1cccc2c1C(=O)c1c(O)c3c(c(O)c1C2=O)CC(O)CC3OC1CCCCO1. The zero-order valence-electron chi connectivity index (χ0n) is 17.6. The average Bonchev–Trinajstić information content (AvgIpc) is 2.79. The van der Waals surface area contributed by atoms with Gasteiger partial charge in [-0.15, -0.1) is 0 Å². The molecule has 1 saturated heterocycles. The molecule has 0 bridgehead atoms. The van der Waals surface area contributed by atoms with Gasteiger partial charge in [-0.25, -0.2) is 0 Å². The van der Waals surface area contributed by atoms with Crippen LogP contribution in [-0.2, 0) is 15.9 Å². The first-order valence-electron chi connectivity index (χ1n) is 10.7. The molecular weight excluding hydrogens is 416 g/mol. The third-order valence-corrected chi connectivity index (χ3v) is 6.46. The predicted octanol–water partition coefficient (Wildman–Crippen LogP) is 2.77. The molecule has 3 unspecified atom stereocenters. The van der Waals surface area contributed by atoms with Crippen molar-refractivity contribution in [3.8, 4) is 17.2 Å². The summed E-state index contributed by atoms with van der Waals surface area (Å²) < 4.78 is 17.0. The number of phenols is 2. The number of aromatic hydroxyl groups is 2. The maximum absolute atomic E-state index is 13.4. The number of methoxy groups -OCH3 is 1. The van der Waals surface area contributed by atoms with Crippen LogP contribution >= 0.6 is 0 Å². The second-order valence-electron chi connectivity index (χ2n) is 8.40. The van der Waals surface area contributed by atoms with Gasteiger partial charge in [0.15, 0.2) is 12.1 Å². The molecule has 0 amide bonds. The molecule has 5 rings (SSSR count). The lowest BCUT2D eigenvalue weighted by Gasteiger charge is -2.35. The Morgan fingerprint density at radius 2 is 1.81 bits per heavy atom. The van der Waals surface area contributed by atoms with E-state index in [1.54, 1.807) is 12.1 Å². The van der Waals surface area contributed by atoms with Gasteiger partial charge in [0.2, 0.25) is 5.78 Å². The first-order chi connectivity index (χ1) is 15.4. The second kappa shape index (κ2) is 7.88. The Morgan fingerprint density at radius 3 is 2.53 bits per heavy atom. The van der Waals surface area contributed by atoms with E-state index >= 15 is 0 Å². The van der Waals surface area contributed by atoms with E-state index in [9.17, 15) is 24.9 Å². The summed E-state index contributed by atoms with van der Waals surface area (Å²) in [6, 6.07) is 4.63. The molecule has 8 nitrogen and oxygen atoms in total. The van der Waals surface area contributed by atoms with Crippen LogP contribution in [0, 0.1) is 0 Å². The van der Waals surface area contributed by atoms with Crippen LogP contribution in [0.25, 0.3) is 0 Å². The molecule has 1 heterocycles. The molecule has 0 saturated carbocycles. The van der Waals surface area contributed by atoms with E-state index in [-0.39, 0.29) is 52.0 Å². The lowest BCUT2D eigenvalue weighted by atomic mass is 9.76. The summed E-state index contributed by atoms with van der Waals surface area (Å²) in [5.74, 6) is -1.80. The molecule has 0 spiro atoms. The summed E-state index contributed by atoms with van der Waals surface area (Å²) in [4.78, 5) is 26.7. The van der Waals surface area contributed by atoms with Gasteiger partial charge >= 0.3 is 0 Å². The van der Waals surface area contributed by atoms with Crippen molar-refractivity contribution in [2.75, 3.05) is 13.7 Å². The van der Waals surface area contributed by atoms with Crippen LogP contribution in [-0.4, -0.2) is 53.0 Å². The van der Waals surface area contributed by atoms with Crippen molar-refractivity contribution in [1.82, 2.24) is 0 Å². The second-order valence-corrected chi connectivity index (χ2v) is 8.40. The summed E-state index contributed by atoms with van der Waals surface area (Å²) in [6.07, 6.45) is 0.569. The van der Waals surface area contributed by atoms with E-state index in [0.29, 0.717) is 13.0 Å². The van der Waals surface area contributed by atoms with Gasteiger partial charge in [0.05, 0.1) is 36.0 Å². The van der Waals surface area contributed by atoms with Crippen LogP contribution < -0.4 is 4.74 Å². The fraction of sp³-hybridized carbons (Fsp3) is 0.417. The summed E-state index contributed by atoms with van der Waals surface area (Å²) in [6.45, 7) is 0.553. The van der Waals surface area contributed by atoms with Gasteiger partial charge in [0, 0.05) is 36.1 Å². The van der Waals surface area contributed by atoms with Gasteiger partial charge in [-0.1, -0.05) is 12.1 Å². The molecule has 3 N–H and O–H groups in total. The summed E-state index contributed by atoms with van der Waals surface area (Å²) in [5, 5.41) is 32.8. The average molecular weight is 440 g/mol. The van der Waals surface area contributed by atoms with Crippen LogP contribution in [0.5, 0.6) is 17.2 Å². The minimum Gasteiger partial charge on any atom is -0.507 e. The maximum Gasteiger partial charge on any atom is 0.202 e. The Labute approximate surface area is 184 Å². The van der Waals surface area contributed by atoms with Gasteiger partial charge < -0.3 is 29.5 Å². The van der Waals surface area contributed by atoms with Gasteiger partial charge in [-0.2, -0.15) is 0 Å². The molecule has 2 aromatic carbocycles. The molecule has 0 radical (unpaired) electrons. The van der Waals surface area contributed by atoms with Crippen molar-refractivity contribution in [3.05, 3.63) is 51.6 Å². The van der Waals surface area contributed by atoms with E-state index in [2.05, 4.69) is 0 Å². The lowest BCUT2D eigenvalue weighted by molar-refractivity contribution is -0.197. The number of fused-ring (bicyclic) bond motifs is 3. The number of ketones is 2. The normalized spacial score (nSPS) is 24.5. The summed E-state index contributed by atoms with van der Waals surface area (Å²) in [5.41, 5.74) is 0.0578. The third kappa shape index (κ3) is 3.09. The smallest absolute Gasteiger partial charge is 0.202 e. The molecular formula is C24H24O8. The zero-order valence-corrected chi connectivity index (χ0v) is 17.6. The van der Waals surface area contributed by atoms with Gasteiger partial charge in [-0.05, 0) is 25.3 Å². The molecule has 8 heteroatoms. The number of benzene rings is 2. The molecule has 168 valence electrons. The standard InChI is InChI=1S/C24H24O8/c1-30-14-6-4-5-12-17(14)23(28)20-19(21(12)26)22(27)13-9-11(25)10-15(18(13)24(20)29)32-16-7-2-3-8-31-16/h4-6,11,15-16,25,27,29H,2-3,7-10H2,1H3.